The molecule has 0 spiro atoms. The Kier molecular flexibility index (Phi) is 8.08. The first-order chi connectivity index (χ1) is 16.2. The van der Waals surface area contributed by atoms with Crippen molar-refractivity contribution in [2.45, 2.75) is 65.3 Å². The molecule has 1 saturated heterocycles. The number of hydrogen-bond donors (Lipinski definition) is 2. The van der Waals surface area contributed by atoms with Crippen LogP contribution >= 0.6 is 11.6 Å². The number of carbonyl (C=O) groups excluding carboxylic acids is 2. The molecular weight excluding hydrogens is 448 g/mol. The number of nitrogens with two attached hydrogens (primary N) is 1. The third-order valence-electron chi connectivity index (χ3n) is 8.39. The number of benzene rings is 1. The van der Waals surface area contributed by atoms with Crippen LogP contribution in [0.5, 0.6) is 0 Å². The topological polar surface area (TPSA) is 78.7 Å². The van der Waals surface area contributed by atoms with Crippen molar-refractivity contribution in [1.82, 2.24) is 15.1 Å². The molecule has 2 saturated carbocycles. The first-order valence-electron chi connectivity index (χ1n) is 13.0. The fourth-order valence-corrected chi connectivity index (χ4v) is 7.03. The van der Waals surface area contributed by atoms with Crippen LogP contribution in [0.25, 0.3) is 0 Å². The lowest BCUT2D eigenvalue weighted by Crippen LogP contribution is -2.51. The molecule has 0 radical (unpaired) electrons. The van der Waals surface area contributed by atoms with Gasteiger partial charge in [0.05, 0.1) is 6.54 Å². The highest BCUT2D eigenvalue weighted by Gasteiger charge is 2.42. The largest absolute Gasteiger partial charge is 0.398 e. The Morgan fingerprint density at radius 3 is 2.44 bits per heavy atom. The lowest BCUT2D eigenvalue weighted by molar-refractivity contribution is -0.135. The fourth-order valence-electron chi connectivity index (χ4n) is 6.83. The number of piperazine rings is 1. The summed E-state index contributed by atoms with van der Waals surface area (Å²) >= 11 is 6.10. The van der Waals surface area contributed by atoms with Gasteiger partial charge in [0.2, 0.25) is 11.8 Å². The smallest absolute Gasteiger partial charge is 0.242 e. The van der Waals surface area contributed by atoms with Crippen molar-refractivity contribution in [3.63, 3.8) is 0 Å². The number of nitrogens with one attached hydrogen (secondary N) is 1. The van der Waals surface area contributed by atoms with Crippen LogP contribution in [0.2, 0.25) is 5.02 Å². The van der Waals surface area contributed by atoms with E-state index in [9.17, 15) is 9.59 Å². The summed E-state index contributed by atoms with van der Waals surface area (Å²) < 4.78 is 0. The molecule has 1 heterocycles. The van der Waals surface area contributed by atoms with Gasteiger partial charge in [-0.25, -0.2) is 0 Å². The second-order valence-corrected chi connectivity index (χ2v) is 11.8. The van der Waals surface area contributed by atoms with E-state index in [2.05, 4.69) is 24.1 Å². The van der Waals surface area contributed by atoms with Gasteiger partial charge >= 0.3 is 0 Å². The number of hydrogen-bond acceptors (Lipinski definition) is 4. The maximum absolute atomic E-state index is 12.7. The number of rotatable bonds is 7. The Morgan fingerprint density at radius 2 is 1.79 bits per heavy atom. The SMILES string of the molecule is CCC1CC2CC(C1)CC(C)(CC(=O)NCC(=O)N1CCN(Cc3cc(Cl)ccc3N)CC1)C2. The van der Waals surface area contributed by atoms with E-state index in [4.69, 9.17) is 17.3 Å². The molecule has 7 heteroatoms. The van der Waals surface area contributed by atoms with Crippen molar-refractivity contribution in [3.8, 4) is 0 Å². The lowest BCUT2D eigenvalue weighted by Gasteiger charge is -2.47. The van der Waals surface area contributed by atoms with Crippen LogP contribution in [-0.2, 0) is 16.1 Å². The molecule has 3 fully saturated rings. The Morgan fingerprint density at radius 1 is 1.12 bits per heavy atom. The van der Waals surface area contributed by atoms with E-state index < -0.39 is 0 Å². The number of anilines is 1. The molecule has 3 N–H and O–H groups in total. The predicted octanol–water partition coefficient (Wildman–Crippen LogP) is 4.32. The Balaban J connectivity index is 1.19. The highest BCUT2D eigenvalue weighted by molar-refractivity contribution is 6.30. The van der Waals surface area contributed by atoms with E-state index in [0.29, 0.717) is 24.5 Å². The van der Waals surface area contributed by atoms with E-state index in [1.54, 1.807) is 6.07 Å². The Hall–Kier alpha value is -1.79. The molecule has 2 aliphatic carbocycles. The molecular formula is C27H41ClN4O2. The quantitative estimate of drug-likeness (QED) is 0.560. The van der Waals surface area contributed by atoms with Crippen molar-refractivity contribution in [1.29, 1.82) is 0 Å². The van der Waals surface area contributed by atoms with E-state index in [1.165, 1.54) is 25.7 Å². The normalized spacial score (nSPS) is 29.6. The minimum Gasteiger partial charge on any atom is -0.398 e. The van der Waals surface area contributed by atoms with Gasteiger partial charge < -0.3 is 16.0 Å². The molecule has 2 amide bonds. The maximum atomic E-state index is 12.7. The highest BCUT2D eigenvalue weighted by Crippen LogP contribution is 2.52. The van der Waals surface area contributed by atoms with Crippen molar-refractivity contribution in [3.05, 3.63) is 28.8 Å². The van der Waals surface area contributed by atoms with Crippen LogP contribution in [0.1, 0.15) is 64.4 Å². The van der Waals surface area contributed by atoms with Gasteiger partial charge in [-0.2, -0.15) is 0 Å². The van der Waals surface area contributed by atoms with Gasteiger partial charge in [-0.05, 0) is 79.0 Å². The number of nitrogens with zero attached hydrogens (tertiary/aromatic N) is 2. The van der Waals surface area contributed by atoms with Gasteiger partial charge in [0.25, 0.3) is 0 Å². The molecule has 1 aliphatic heterocycles. The summed E-state index contributed by atoms with van der Waals surface area (Å²) in [5, 5.41) is 3.61. The molecule has 2 unspecified atom stereocenters. The summed E-state index contributed by atoms with van der Waals surface area (Å²) in [6, 6.07) is 5.54. The zero-order chi connectivity index (χ0) is 24.3. The van der Waals surface area contributed by atoms with Crippen LogP contribution in [-0.4, -0.2) is 54.3 Å². The Labute approximate surface area is 209 Å². The maximum Gasteiger partial charge on any atom is 0.242 e. The molecule has 188 valence electrons. The lowest BCUT2D eigenvalue weighted by atomic mass is 9.58. The van der Waals surface area contributed by atoms with Gasteiger partial charge in [-0.3, -0.25) is 14.5 Å². The molecule has 3 aliphatic rings. The summed E-state index contributed by atoms with van der Waals surface area (Å²) in [5.74, 6) is 2.46. The minimum absolute atomic E-state index is 0.00623. The highest BCUT2D eigenvalue weighted by atomic mass is 35.5. The number of nitrogen functional groups attached to an aromatic ring is 1. The van der Waals surface area contributed by atoms with Crippen LogP contribution in [0.3, 0.4) is 0 Å². The van der Waals surface area contributed by atoms with Crippen molar-refractivity contribution in [2.75, 3.05) is 38.5 Å². The number of carbonyl (C=O) groups is 2. The molecule has 0 aromatic heterocycles. The second-order valence-electron chi connectivity index (χ2n) is 11.4. The van der Waals surface area contributed by atoms with Gasteiger partial charge in [-0.1, -0.05) is 31.9 Å². The van der Waals surface area contributed by atoms with Crippen LogP contribution in [0, 0.1) is 23.2 Å². The van der Waals surface area contributed by atoms with Crippen LogP contribution < -0.4 is 11.1 Å². The Bertz CT molecular complexity index is 869. The van der Waals surface area contributed by atoms with Crippen LogP contribution in [0.15, 0.2) is 18.2 Å². The number of halogens is 1. The summed E-state index contributed by atoms with van der Waals surface area (Å²) in [5.41, 5.74) is 7.91. The minimum atomic E-state index is 0.00623. The molecule has 6 nitrogen and oxygen atoms in total. The van der Waals surface area contributed by atoms with E-state index in [0.717, 1.165) is 61.5 Å². The molecule has 4 rings (SSSR count). The summed E-state index contributed by atoms with van der Waals surface area (Å²) in [7, 11) is 0. The summed E-state index contributed by atoms with van der Waals surface area (Å²) in [6.07, 6.45) is 8.15. The predicted molar refractivity (Wildman–Crippen MR) is 137 cm³/mol. The summed E-state index contributed by atoms with van der Waals surface area (Å²) in [6.45, 7) is 8.31. The second kappa shape index (κ2) is 10.9. The standard InChI is InChI=1S/C27H41ClN4O2/c1-3-19-10-20-12-21(11-19)15-27(2,14-20)16-25(33)30-17-26(34)32-8-6-31(7-9-32)18-22-13-23(28)4-5-24(22)29/h4-5,13,19-21H,3,6-12,14-18,29H2,1-2H3,(H,30,33). The first-order valence-corrected chi connectivity index (χ1v) is 13.4. The number of fused-ring (bicyclic) bond motifs is 2. The van der Waals surface area contributed by atoms with Crippen molar-refractivity contribution < 1.29 is 9.59 Å². The first kappa shape index (κ1) is 25.3. The van der Waals surface area contributed by atoms with E-state index in [1.807, 2.05) is 17.0 Å². The van der Waals surface area contributed by atoms with E-state index in [-0.39, 0.29) is 23.8 Å². The molecule has 2 bridgehead atoms. The van der Waals surface area contributed by atoms with Gasteiger partial charge in [0, 0.05) is 49.9 Å². The molecule has 1 aromatic rings. The summed E-state index contributed by atoms with van der Waals surface area (Å²) in [4.78, 5) is 29.6. The number of amides is 2. The average Bonchev–Trinajstić information content (AvgIpc) is 2.79. The van der Waals surface area contributed by atoms with Gasteiger partial charge in [0.1, 0.15) is 0 Å². The van der Waals surface area contributed by atoms with Gasteiger partial charge in [-0.15, -0.1) is 0 Å². The zero-order valence-corrected chi connectivity index (χ0v) is 21.6. The van der Waals surface area contributed by atoms with E-state index >= 15 is 0 Å². The van der Waals surface area contributed by atoms with Crippen molar-refractivity contribution >= 4 is 29.1 Å². The van der Waals surface area contributed by atoms with Crippen molar-refractivity contribution in [2.24, 2.45) is 23.2 Å². The fraction of sp³-hybridized carbons (Fsp3) is 0.704. The zero-order valence-electron chi connectivity index (χ0n) is 20.8. The third-order valence-corrected chi connectivity index (χ3v) is 8.62. The average molecular weight is 489 g/mol. The van der Waals surface area contributed by atoms with Gasteiger partial charge in [0.15, 0.2) is 0 Å². The third kappa shape index (κ3) is 6.45. The molecule has 34 heavy (non-hydrogen) atoms. The van der Waals surface area contributed by atoms with Crippen LogP contribution in [0.4, 0.5) is 5.69 Å². The molecule has 1 aromatic carbocycles. The monoisotopic (exact) mass is 488 g/mol. The molecule has 2 atom stereocenters.